The number of nitrogens with one attached hydrogen (secondary N) is 2. The molecule has 0 spiro atoms. The van der Waals surface area contributed by atoms with Crippen LogP contribution < -0.4 is 11.1 Å². The first-order valence-corrected chi connectivity index (χ1v) is 5.70. The fourth-order valence-corrected chi connectivity index (χ4v) is 1.71. The maximum Gasteiger partial charge on any atom is 0.433 e. The summed E-state index contributed by atoms with van der Waals surface area (Å²) in [5.74, 6) is 0.300. The van der Waals surface area contributed by atoms with Crippen LogP contribution in [0.4, 0.5) is 30.6 Å². The highest BCUT2D eigenvalue weighted by Crippen LogP contribution is 2.28. The maximum absolute atomic E-state index is 12.4. The van der Waals surface area contributed by atoms with Crippen molar-refractivity contribution in [1.82, 2.24) is 24.9 Å². The molecule has 0 fully saturated rings. The molecule has 10 heteroatoms. The number of aromatic nitrogens is 5. The van der Waals surface area contributed by atoms with E-state index in [1.165, 1.54) is 12.4 Å². The number of aromatic amines is 1. The normalized spacial score (nSPS) is 11.8. The highest BCUT2D eigenvalue weighted by atomic mass is 19.4. The lowest BCUT2D eigenvalue weighted by molar-refractivity contribution is -0.141. The monoisotopic (exact) mass is 295 g/mol. The second-order valence-corrected chi connectivity index (χ2v) is 4.09. The van der Waals surface area contributed by atoms with Gasteiger partial charge in [-0.2, -0.15) is 23.1 Å². The van der Waals surface area contributed by atoms with Crippen LogP contribution in [0.25, 0.3) is 11.2 Å². The molecule has 0 aliphatic carbocycles. The number of H-pyrrole nitrogens is 1. The van der Waals surface area contributed by atoms with Gasteiger partial charge in [-0.05, 0) is 12.1 Å². The first-order valence-electron chi connectivity index (χ1n) is 5.70. The summed E-state index contributed by atoms with van der Waals surface area (Å²) in [5, 5.41) is 2.82. The van der Waals surface area contributed by atoms with E-state index in [1.807, 2.05) is 0 Å². The van der Waals surface area contributed by atoms with Crippen molar-refractivity contribution in [2.24, 2.45) is 0 Å². The van der Waals surface area contributed by atoms with E-state index in [0.717, 1.165) is 12.3 Å². The van der Waals surface area contributed by atoms with Crippen LogP contribution in [0.2, 0.25) is 0 Å². The average molecular weight is 295 g/mol. The van der Waals surface area contributed by atoms with Gasteiger partial charge in [0.25, 0.3) is 0 Å². The van der Waals surface area contributed by atoms with Gasteiger partial charge in [-0.15, -0.1) is 0 Å². The number of imidazole rings is 1. The van der Waals surface area contributed by atoms with Gasteiger partial charge in [0.2, 0.25) is 5.95 Å². The Morgan fingerprint density at radius 2 is 1.95 bits per heavy atom. The predicted molar refractivity (Wildman–Crippen MR) is 68.6 cm³/mol. The van der Waals surface area contributed by atoms with E-state index in [0.29, 0.717) is 22.7 Å². The van der Waals surface area contributed by atoms with Crippen LogP contribution in [-0.2, 0) is 6.18 Å². The van der Waals surface area contributed by atoms with Crippen LogP contribution in [0.3, 0.4) is 0 Å². The van der Waals surface area contributed by atoms with Crippen molar-refractivity contribution in [2.75, 3.05) is 11.1 Å². The predicted octanol–water partition coefficient (Wildman–Crippen LogP) is 2.09. The fraction of sp³-hybridized carbons (Fsp3) is 0.0909. The van der Waals surface area contributed by atoms with Crippen molar-refractivity contribution >= 4 is 28.6 Å². The lowest BCUT2D eigenvalue weighted by Crippen LogP contribution is -2.08. The second-order valence-electron chi connectivity index (χ2n) is 4.09. The minimum Gasteiger partial charge on any atom is -0.368 e. The summed E-state index contributed by atoms with van der Waals surface area (Å²) in [5.41, 5.74) is 5.74. The molecule has 0 aromatic carbocycles. The molecule has 0 aliphatic rings. The lowest BCUT2D eigenvalue weighted by Gasteiger charge is -2.08. The summed E-state index contributed by atoms with van der Waals surface area (Å²) in [6.07, 6.45) is -2.01. The largest absolute Gasteiger partial charge is 0.433 e. The molecule has 0 saturated carbocycles. The van der Waals surface area contributed by atoms with Gasteiger partial charge < -0.3 is 16.0 Å². The Labute approximate surface area is 115 Å². The van der Waals surface area contributed by atoms with Crippen molar-refractivity contribution in [3.8, 4) is 0 Å². The highest BCUT2D eigenvalue weighted by molar-refractivity contribution is 5.85. The SMILES string of the molecule is Nc1nc(Nc2ccc(C(F)(F)F)nc2)c2[nH]cnc2n1. The van der Waals surface area contributed by atoms with Crippen LogP contribution in [0.15, 0.2) is 24.7 Å². The zero-order valence-corrected chi connectivity index (χ0v) is 10.3. The molecule has 0 atom stereocenters. The molecule has 0 amide bonds. The first kappa shape index (κ1) is 13.1. The number of rotatable bonds is 2. The van der Waals surface area contributed by atoms with Crippen molar-refractivity contribution in [3.05, 3.63) is 30.4 Å². The average Bonchev–Trinajstić information content (AvgIpc) is 2.86. The number of nitrogen functional groups attached to an aromatic ring is 1. The topological polar surface area (TPSA) is 105 Å². The highest BCUT2D eigenvalue weighted by Gasteiger charge is 2.32. The molecule has 3 rings (SSSR count). The van der Waals surface area contributed by atoms with Gasteiger partial charge in [-0.1, -0.05) is 0 Å². The third-order valence-corrected chi connectivity index (χ3v) is 2.62. The van der Waals surface area contributed by atoms with Crippen LogP contribution in [0, 0.1) is 0 Å². The van der Waals surface area contributed by atoms with E-state index in [9.17, 15) is 13.2 Å². The molecule has 0 unspecified atom stereocenters. The molecule has 3 heterocycles. The van der Waals surface area contributed by atoms with Gasteiger partial charge in [0, 0.05) is 0 Å². The zero-order valence-electron chi connectivity index (χ0n) is 10.3. The standard InChI is InChI=1S/C11H8F3N7/c12-11(13,14)6-2-1-5(3-16-6)19-9-7-8(18-4-17-7)20-10(15)21-9/h1-4H,(H4,15,17,18,19,20,21). The van der Waals surface area contributed by atoms with E-state index in [4.69, 9.17) is 5.73 Å². The second kappa shape index (κ2) is 4.58. The van der Waals surface area contributed by atoms with Crippen molar-refractivity contribution in [1.29, 1.82) is 0 Å². The van der Waals surface area contributed by atoms with Gasteiger partial charge in [0.1, 0.15) is 11.2 Å². The quantitative estimate of drug-likeness (QED) is 0.668. The van der Waals surface area contributed by atoms with Crippen LogP contribution >= 0.6 is 0 Å². The molecule has 21 heavy (non-hydrogen) atoms. The van der Waals surface area contributed by atoms with Crippen LogP contribution in [-0.4, -0.2) is 24.9 Å². The minimum absolute atomic E-state index is 0.00280. The number of hydrogen-bond donors (Lipinski definition) is 3. The molecular formula is C11H8F3N7. The van der Waals surface area contributed by atoms with Gasteiger partial charge in [0.05, 0.1) is 18.2 Å². The number of fused-ring (bicyclic) bond motifs is 1. The number of pyridine rings is 1. The number of nitrogens with two attached hydrogens (primary N) is 1. The van der Waals surface area contributed by atoms with E-state index in [2.05, 4.69) is 30.2 Å². The van der Waals surface area contributed by atoms with Crippen molar-refractivity contribution in [3.63, 3.8) is 0 Å². The third kappa shape index (κ3) is 2.55. The van der Waals surface area contributed by atoms with Gasteiger partial charge >= 0.3 is 6.18 Å². The maximum atomic E-state index is 12.4. The molecule has 0 aliphatic heterocycles. The molecule has 0 radical (unpaired) electrons. The Kier molecular flexibility index (Phi) is 2.85. The number of nitrogens with zero attached hydrogens (tertiary/aromatic N) is 4. The van der Waals surface area contributed by atoms with Crippen molar-refractivity contribution in [2.45, 2.75) is 6.18 Å². The van der Waals surface area contributed by atoms with Gasteiger partial charge in [-0.25, -0.2) is 9.97 Å². The molecule has 0 bridgehead atoms. The molecule has 108 valence electrons. The molecular weight excluding hydrogens is 287 g/mol. The number of halogens is 3. The van der Waals surface area contributed by atoms with E-state index in [-0.39, 0.29) is 5.95 Å². The zero-order chi connectivity index (χ0) is 15.0. The summed E-state index contributed by atoms with van der Waals surface area (Å²) in [6, 6.07) is 2.12. The van der Waals surface area contributed by atoms with Crippen LogP contribution in [0.1, 0.15) is 5.69 Å². The molecule has 3 aromatic rings. The van der Waals surface area contributed by atoms with Gasteiger partial charge in [-0.3, -0.25) is 0 Å². The number of alkyl halides is 3. The first-order chi connectivity index (χ1) is 9.93. The number of anilines is 3. The number of hydrogen-bond acceptors (Lipinski definition) is 6. The fourth-order valence-electron chi connectivity index (χ4n) is 1.71. The smallest absolute Gasteiger partial charge is 0.368 e. The van der Waals surface area contributed by atoms with Crippen LogP contribution in [0.5, 0.6) is 0 Å². The summed E-state index contributed by atoms with van der Waals surface area (Å²) >= 11 is 0. The summed E-state index contributed by atoms with van der Waals surface area (Å²) in [6.45, 7) is 0. The minimum atomic E-state index is -4.48. The molecule has 3 aromatic heterocycles. The Balaban J connectivity index is 1.93. The van der Waals surface area contributed by atoms with E-state index in [1.54, 1.807) is 0 Å². The third-order valence-electron chi connectivity index (χ3n) is 2.62. The molecule has 7 nitrogen and oxygen atoms in total. The summed E-state index contributed by atoms with van der Waals surface area (Å²) in [7, 11) is 0. The molecule has 4 N–H and O–H groups in total. The Hall–Kier alpha value is -2.91. The molecule has 0 saturated heterocycles. The van der Waals surface area contributed by atoms with Crippen molar-refractivity contribution < 1.29 is 13.2 Å². The van der Waals surface area contributed by atoms with E-state index < -0.39 is 11.9 Å². The van der Waals surface area contributed by atoms with E-state index >= 15 is 0 Å². The van der Waals surface area contributed by atoms with Gasteiger partial charge in [0.15, 0.2) is 11.5 Å². The lowest BCUT2D eigenvalue weighted by atomic mass is 10.3. The summed E-state index contributed by atoms with van der Waals surface area (Å²) in [4.78, 5) is 18.0. The Morgan fingerprint density at radius 3 is 2.62 bits per heavy atom. The Morgan fingerprint density at radius 1 is 1.14 bits per heavy atom. The summed E-state index contributed by atoms with van der Waals surface area (Å²) < 4.78 is 37.3. The Bertz CT molecular complexity index is 779.